The van der Waals surface area contributed by atoms with Crippen LogP contribution in [0.15, 0.2) is 0 Å². The molecule has 0 spiro atoms. The van der Waals surface area contributed by atoms with Crippen molar-refractivity contribution < 1.29 is 108 Å². The minimum Gasteiger partial charge on any atom is 1.00 e. The van der Waals surface area contributed by atoms with E-state index in [1.807, 2.05) is 0 Å². The van der Waals surface area contributed by atoms with Crippen molar-refractivity contribution in [2.75, 3.05) is 0 Å². The second-order valence-corrected chi connectivity index (χ2v) is 30.1. The maximum Gasteiger partial charge on any atom is 1.00 e. The van der Waals surface area contributed by atoms with Crippen LogP contribution in [-0.4, -0.2) is 0 Å². The van der Waals surface area contributed by atoms with Crippen molar-refractivity contribution in [2.24, 2.45) is 0 Å². The summed E-state index contributed by atoms with van der Waals surface area (Å²) in [4.78, 5) is 0. The molecule has 0 radical (unpaired) electrons. The Balaban J connectivity index is -0.000000180. The number of hydrogen-bond acceptors (Lipinski definition) is 0. The van der Waals surface area contributed by atoms with Gasteiger partial charge in [-0.05, 0) is 0 Å². The average Bonchev–Trinajstić information content (AvgIpc) is 0.592. The van der Waals surface area contributed by atoms with Crippen molar-refractivity contribution >= 4 is 60.6 Å². The molecule has 0 aliphatic heterocycles. The van der Waals surface area contributed by atoms with Gasteiger partial charge < -0.3 is 0 Å². The number of hydrogen-bond donors (Lipinski definition) is 0. The molecule has 0 bridgehead atoms. The molecule has 0 saturated carbocycles. The van der Waals surface area contributed by atoms with E-state index in [4.69, 9.17) is 60.6 Å². The fraction of sp³-hybridized carbons (Fsp3) is 0. The van der Waals surface area contributed by atoms with Crippen LogP contribution in [-0.2, 0) is 5.26 Å². The van der Waals surface area contributed by atoms with E-state index < -0.39 is 5.26 Å². The van der Waals surface area contributed by atoms with Crippen LogP contribution in [0.3, 0.4) is 0 Å². The van der Waals surface area contributed by atoms with Gasteiger partial charge in [0.1, 0.15) is 0 Å². The second-order valence-electron chi connectivity index (χ2n) is 0.810. The monoisotopic (exact) mass is 343 g/mol. The second kappa shape index (κ2) is 5.04. The molecule has 0 rings (SSSR count). The van der Waals surface area contributed by atoms with Gasteiger partial charge >= 0.3 is 169 Å². The van der Waals surface area contributed by atoms with Crippen LogP contribution < -0.4 is 103 Å². The van der Waals surface area contributed by atoms with Crippen molar-refractivity contribution in [1.82, 2.24) is 0 Å². The number of rotatable bonds is 0. The van der Waals surface area contributed by atoms with E-state index >= 15 is 0 Å². The summed E-state index contributed by atoms with van der Waals surface area (Å²) in [5.74, 6) is 0. The van der Waals surface area contributed by atoms with E-state index in [1.54, 1.807) is 0 Å². The predicted molar refractivity (Wildman–Crippen MR) is 35.1 cm³/mol. The Labute approximate surface area is 163 Å². The van der Waals surface area contributed by atoms with E-state index in [9.17, 15) is 0 Å². The topological polar surface area (TPSA) is 0 Å². The molecule has 0 fully saturated rings. The summed E-state index contributed by atoms with van der Waals surface area (Å²) in [7, 11) is 30.1. The van der Waals surface area contributed by atoms with Crippen LogP contribution in [0, 0.1) is 0 Å². The molecular weight excluding hydrogens is 346 g/mol. The van der Waals surface area contributed by atoms with Gasteiger partial charge in [0.05, 0.1) is 0 Å². The molecule has 9 heavy (non-hydrogen) atoms. The molecule has 0 aliphatic carbocycles. The van der Waals surface area contributed by atoms with Crippen molar-refractivity contribution in [3.63, 3.8) is 0 Å². The Bertz CT molecular complexity index is 69.6. The molecule has 0 saturated heterocycles. The Morgan fingerprint density at radius 2 is 0.556 bits per heavy atom. The Morgan fingerprint density at radius 1 is 0.556 bits per heavy atom. The maximum absolute atomic E-state index is 5.02. The standard InChI is InChI=1S/6ClH.2K.Mn/h6*1H;;;/q;;;;;;2*+1;+4/p-6. The van der Waals surface area contributed by atoms with Crippen molar-refractivity contribution in [3.05, 3.63) is 0 Å². The summed E-state index contributed by atoms with van der Waals surface area (Å²) in [6, 6.07) is 0. The summed E-state index contributed by atoms with van der Waals surface area (Å²) in [6.45, 7) is 0. The average molecular weight is 346 g/mol. The molecule has 0 aromatic heterocycles. The van der Waals surface area contributed by atoms with E-state index in [0.717, 1.165) is 0 Å². The molecule has 0 atom stereocenters. The van der Waals surface area contributed by atoms with Gasteiger partial charge in [0.25, 0.3) is 0 Å². The van der Waals surface area contributed by atoms with Gasteiger partial charge in [0.15, 0.2) is 0 Å². The summed E-state index contributed by atoms with van der Waals surface area (Å²) < 4.78 is 0. The smallest absolute Gasteiger partial charge is 1.00 e. The van der Waals surface area contributed by atoms with Gasteiger partial charge in [-0.25, -0.2) is 0 Å². The van der Waals surface area contributed by atoms with Crippen molar-refractivity contribution in [3.8, 4) is 0 Å². The van der Waals surface area contributed by atoms with E-state index in [2.05, 4.69) is 0 Å². The zero-order valence-corrected chi connectivity index (χ0v) is 16.6. The Kier molecular flexibility index (Phi) is 11.2. The first kappa shape index (κ1) is 20.0. The summed E-state index contributed by atoms with van der Waals surface area (Å²) in [5, 5.41) is -5.02. The van der Waals surface area contributed by atoms with E-state index in [-0.39, 0.29) is 103 Å². The quantitative estimate of drug-likeness (QED) is 0.452. The van der Waals surface area contributed by atoms with Crippen LogP contribution in [0.2, 0.25) is 0 Å². The fourth-order valence-corrected chi connectivity index (χ4v) is 0. The molecule has 0 heterocycles. The predicted octanol–water partition coefficient (Wildman–Crippen LogP) is -1.86. The zero-order chi connectivity index (χ0) is 6.41. The fourth-order valence-electron chi connectivity index (χ4n) is 0. The van der Waals surface area contributed by atoms with Crippen molar-refractivity contribution in [2.45, 2.75) is 0 Å². The van der Waals surface area contributed by atoms with Gasteiger partial charge in [-0.2, -0.15) is 0 Å². The molecule has 0 aromatic carbocycles. The third-order valence-corrected chi connectivity index (χ3v) is 0. The zero-order valence-electron chi connectivity index (χ0n) is 4.65. The summed E-state index contributed by atoms with van der Waals surface area (Å²) >= 11 is 0. The SMILES string of the molecule is [Cl][Mn-2]([Cl])([Cl])([Cl])([Cl])[Cl].[K+].[K+]. The summed E-state index contributed by atoms with van der Waals surface area (Å²) in [5.41, 5.74) is 0. The van der Waals surface area contributed by atoms with Gasteiger partial charge in [0, 0.05) is 0 Å². The van der Waals surface area contributed by atoms with E-state index in [0.29, 0.717) is 0 Å². The molecule has 0 N–H and O–H groups in total. The molecule has 0 unspecified atom stereocenters. The first-order valence-corrected chi connectivity index (χ1v) is 10.6. The Morgan fingerprint density at radius 3 is 0.556 bits per heavy atom. The Hall–Kier alpha value is 5.53. The molecule has 0 amide bonds. The molecular formula is Cl6K2Mn. The minimum absolute atomic E-state index is 0. The molecule has 51 valence electrons. The van der Waals surface area contributed by atoms with Crippen molar-refractivity contribution in [1.29, 1.82) is 0 Å². The summed E-state index contributed by atoms with van der Waals surface area (Å²) in [6.07, 6.45) is 0. The third kappa shape index (κ3) is 58.8. The van der Waals surface area contributed by atoms with Gasteiger partial charge in [0.2, 0.25) is 0 Å². The largest absolute Gasteiger partial charge is 1.00 e. The van der Waals surface area contributed by atoms with Crippen LogP contribution in [0.1, 0.15) is 0 Å². The van der Waals surface area contributed by atoms with Gasteiger partial charge in [-0.15, -0.1) is 0 Å². The van der Waals surface area contributed by atoms with Crippen LogP contribution in [0.4, 0.5) is 0 Å². The van der Waals surface area contributed by atoms with Gasteiger partial charge in [-0.3, -0.25) is 0 Å². The van der Waals surface area contributed by atoms with Crippen LogP contribution in [0.25, 0.3) is 0 Å². The molecule has 0 aromatic rings. The maximum atomic E-state index is 5.02. The van der Waals surface area contributed by atoms with Crippen LogP contribution in [0.5, 0.6) is 0 Å². The normalized spacial score (nSPS) is 18.0. The third-order valence-electron chi connectivity index (χ3n) is 0. The molecule has 0 aliphatic rings. The molecule has 9 heteroatoms. The van der Waals surface area contributed by atoms with Gasteiger partial charge in [-0.1, -0.05) is 0 Å². The number of halogens is 6. The molecule has 0 nitrogen and oxygen atoms in total. The first-order chi connectivity index (χ1) is 2.45. The first-order valence-electron chi connectivity index (χ1n) is 0.857. The van der Waals surface area contributed by atoms with Crippen LogP contribution >= 0.6 is 60.6 Å². The minimum atomic E-state index is -5.02. The van der Waals surface area contributed by atoms with E-state index in [1.165, 1.54) is 0 Å².